The Labute approximate surface area is 265 Å². The number of carbonyl (C=O) groups excluding carboxylic acids is 4. The molecule has 14 heteroatoms. The van der Waals surface area contributed by atoms with E-state index in [1.807, 2.05) is 0 Å². The zero-order valence-electron chi connectivity index (χ0n) is 26.5. The maximum Gasteiger partial charge on any atom is 0.326 e. The van der Waals surface area contributed by atoms with Crippen LogP contribution in [-0.2, 0) is 33.6 Å². The van der Waals surface area contributed by atoms with E-state index < -0.39 is 41.8 Å². The quantitative estimate of drug-likeness (QED) is 0.0432. The van der Waals surface area contributed by atoms with Crippen molar-refractivity contribution in [2.45, 2.75) is 141 Å². The minimum atomic E-state index is -1.32. The zero-order chi connectivity index (χ0) is 33.7. The number of aliphatic carboxylic acids is 3. The predicted molar refractivity (Wildman–Crippen MR) is 166 cm³/mol. The largest absolute Gasteiger partial charge is 0.481 e. The van der Waals surface area contributed by atoms with Gasteiger partial charge in [-0.3, -0.25) is 24.0 Å². The minimum Gasteiger partial charge on any atom is -0.481 e. The molecule has 0 heterocycles. The van der Waals surface area contributed by atoms with E-state index in [9.17, 15) is 43.8 Å². The molecule has 14 nitrogen and oxygen atoms in total. The second-order valence-corrected chi connectivity index (χ2v) is 11.3. The molecule has 0 radical (unpaired) electrons. The average Bonchev–Trinajstić information content (AvgIpc) is 2.98. The van der Waals surface area contributed by atoms with Gasteiger partial charge in [0.15, 0.2) is 0 Å². The van der Waals surface area contributed by atoms with Gasteiger partial charge >= 0.3 is 17.9 Å². The van der Waals surface area contributed by atoms with Gasteiger partial charge in [-0.1, -0.05) is 77.0 Å². The molecule has 2 unspecified atom stereocenters. The number of carbonyl (C=O) groups is 7. The molecule has 0 aromatic carbocycles. The fourth-order valence-corrected chi connectivity index (χ4v) is 4.74. The summed E-state index contributed by atoms with van der Waals surface area (Å²) in [5, 5.41) is 36.7. The van der Waals surface area contributed by atoms with Crippen LogP contribution in [0, 0.1) is 0 Å². The first kappa shape index (κ1) is 41.3. The van der Waals surface area contributed by atoms with Crippen LogP contribution in [0.1, 0.15) is 128 Å². The second kappa shape index (κ2) is 27.8. The molecule has 0 spiro atoms. The Morgan fingerprint density at radius 1 is 0.511 bits per heavy atom. The Kier molecular flexibility index (Phi) is 25.5. The van der Waals surface area contributed by atoms with Gasteiger partial charge in [0.1, 0.15) is 12.1 Å². The Hall–Kier alpha value is -3.71. The molecule has 0 aliphatic carbocycles. The monoisotopic (exact) mass is 642 g/mol. The van der Waals surface area contributed by atoms with E-state index in [0.717, 1.165) is 44.9 Å². The molecule has 0 rings (SSSR count). The van der Waals surface area contributed by atoms with E-state index in [0.29, 0.717) is 12.8 Å². The fraction of sp³-hybridized carbons (Fsp3) is 0.774. The smallest absolute Gasteiger partial charge is 0.326 e. The summed E-state index contributed by atoms with van der Waals surface area (Å²) in [5.41, 5.74) is 0. The third-order valence-corrected chi connectivity index (χ3v) is 7.31. The summed E-state index contributed by atoms with van der Waals surface area (Å²) in [6.45, 7) is -0.243. The van der Waals surface area contributed by atoms with Crippen molar-refractivity contribution in [3.8, 4) is 0 Å². The number of carboxylic acids is 3. The fourth-order valence-electron chi connectivity index (χ4n) is 4.74. The molecule has 4 amide bonds. The molecular weight excluding hydrogens is 588 g/mol. The molecule has 0 aliphatic rings. The van der Waals surface area contributed by atoms with E-state index in [-0.39, 0.29) is 57.5 Å². The van der Waals surface area contributed by atoms with Crippen molar-refractivity contribution in [3.63, 3.8) is 0 Å². The van der Waals surface area contributed by atoms with Gasteiger partial charge in [0.2, 0.25) is 24.1 Å². The number of nitrogens with one attached hydrogen (secondary N) is 4. The van der Waals surface area contributed by atoms with E-state index >= 15 is 0 Å². The Morgan fingerprint density at radius 3 is 1.42 bits per heavy atom. The van der Waals surface area contributed by atoms with E-state index in [4.69, 9.17) is 5.11 Å². The van der Waals surface area contributed by atoms with Crippen molar-refractivity contribution in [1.82, 2.24) is 21.3 Å². The molecule has 7 N–H and O–H groups in total. The van der Waals surface area contributed by atoms with Crippen LogP contribution in [0.3, 0.4) is 0 Å². The van der Waals surface area contributed by atoms with E-state index in [1.165, 1.54) is 38.5 Å². The Morgan fingerprint density at radius 2 is 0.956 bits per heavy atom. The summed E-state index contributed by atoms with van der Waals surface area (Å²) < 4.78 is 0. The van der Waals surface area contributed by atoms with Crippen LogP contribution >= 0.6 is 0 Å². The summed E-state index contributed by atoms with van der Waals surface area (Å²) in [6.07, 6.45) is 15.9. The van der Waals surface area contributed by atoms with Gasteiger partial charge in [-0.2, -0.15) is 0 Å². The number of unbranched alkanes of at least 4 members (excludes halogenated alkanes) is 13. The highest BCUT2D eigenvalue weighted by Crippen LogP contribution is 2.14. The van der Waals surface area contributed by atoms with Crippen LogP contribution in [0.2, 0.25) is 0 Å². The highest BCUT2D eigenvalue weighted by molar-refractivity contribution is 5.86. The maximum atomic E-state index is 12.2. The Bertz CT molecular complexity index is 900. The third kappa shape index (κ3) is 26.4. The van der Waals surface area contributed by atoms with Crippen molar-refractivity contribution in [2.75, 3.05) is 13.1 Å². The summed E-state index contributed by atoms with van der Waals surface area (Å²) in [4.78, 5) is 79.4. The van der Waals surface area contributed by atoms with Gasteiger partial charge in [0.05, 0.1) is 6.54 Å². The normalized spacial score (nSPS) is 12.0. The minimum absolute atomic E-state index is 0.117. The van der Waals surface area contributed by atoms with Crippen LogP contribution in [0.4, 0.5) is 0 Å². The lowest BCUT2D eigenvalue weighted by Crippen LogP contribution is -2.45. The third-order valence-electron chi connectivity index (χ3n) is 7.31. The highest BCUT2D eigenvalue weighted by Gasteiger charge is 2.22. The molecule has 0 fully saturated rings. The van der Waals surface area contributed by atoms with Crippen LogP contribution in [0.25, 0.3) is 0 Å². The van der Waals surface area contributed by atoms with E-state index in [1.54, 1.807) is 0 Å². The molecule has 0 aromatic rings. The first-order valence-corrected chi connectivity index (χ1v) is 16.3. The summed E-state index contributed by atoms with van der Waals surface area (Å²) in [6, 6.07) is -2.37. The summed E-state index contributed by atoms with van der Waals surface area (Å²) in [5.74, 6) is -4.68. The van der Waals surface area contributed by atoms with Crippen molar-refractivity contribution in [2.24, 2.45) is 0 Å². The number of carboxylic acid groups (broad SMARTS) is 3. The zero-order valence-corrected chi connectivity index (χ0v) is 26.5. The lowest BCUT2D eigenvalue weighted by Gasteiger charge is -2.15. The molecule has 258 valence electrons. The van der Waals surface area contributed by atoms with Crippen LogP contribution < -0.4 is 21.3 Å². The first-order valence-electron chi connectivity index (χ1n) is 16.3. The molecule has 2 atom stereocenters. The highest BCUT2D eigenvalue weighted by atomic mass is 16.4. The van der Waals surface area contributed by atoms with E-state index in [2.05, 4.69) is 21.3 Å². The van der Waals surface area contributed by atoms with Gasteiger partial charge in [-0.05, 0) is 32.1 Å². The molecule has 0 bridgehead atoms. The van der Waals surface area contributed by atoms with Gasteiger partial charge in [0, 0.05) is 25.8 Å². The number of rotatable bonds is 31. The number of hydrogen-bond donors (Lipinski definition) is 7. The van der Waals surface area contributed by atoms with Crippen LogP contribution in [0.15, 0.2) is 0 Å². The van der Waals surface area contributed by atoms with Crippen LogP contribution in [-0.4, -0.2) is 82.5 Å². The van der Waals surface area contributed by atoms with Gasteiger partial charge in [-0.25, -0.2) is 9.59 Å². The number of hydrogen-bond acceptors (Lipinski definition) is 7. The molecule has 45 heavy (non-hydrogen) atoms. The SMILES string of the molecule is O=CNCC(=O)NC(CCC(=O)NCCCC(NC(=O)CCCCCCCCCCCCCCCCC(=O)O)C(=O)O)C(=O)O. The average molecular weight is 643 g/mol. The molecule has 0 aliphatic heterocycles. The summed E-state index contributed by atoms with van der Waals surface area (Å²) in [7, 11) is 0. The lowest BCUT2D eigenvalue weighted by molar-refractivity contribution is -0.142. The number of amides is 4. The standard InChI is InChI=1S/C31H54N4O10/c36-23-32-22-28(39)35-25(31(44)45)19-20-26(37)33-21-15-16-24(30(42)43)34-27(38)17-13-11-9-7-5-3-1-2-4-6-8-10-12-14-18-29(40)41/h23-25H,1-22H2,(H,32,36)(H,33,37)(H,34,38)(H,35,39)(H,40,41)(H,42,43)(H,44,45). The van der Waals surface area contributed by atoms with Gasteiger partial charge in [0.25, 0.3) is 0 Å². The van der Waals surface area contributed by atoms with Crippen molar-refractivity contribution < 1.29 is 48.9 Å². The van der Waals surface area contributed by atoms with Crippen molar-refractivity contribution in [3.05, 3.63) is 0 Å². The predicted octanol–water partition coefficient (Wildman–Crippen LogP) is 2.87. The lowest BCUT2D eigenvalue weighted by atomic mass is 10.0. The van der Waals surface area contributed by atoms with Gasteiger partial charge < -0.3 is 36.6 Å². The molecule has 0 aromatic heterocycles. The Balaban J connectivity index is 3.89. The molecule has 0 saturated carbocycles. The van der Waals surface area contributed by atoms with Crippen molar-refractivity contribution in [1.29, 1.82) is 0 Å². The maximum absolute atomic E-state index is 12.2. The topological polar surface area (TPSA) is 228 Å². The van der Waals surface area contributed by atoms with Crippen molar-refractivity contribution >= 4 is 42.0 Å². The van der Waals surface area contributed by atoms with Crippen LogP contribution in [0.5, 0.6) is 0 Å². The first-order chi connectivity index (χ1) is 21.6. The molecular formula is C31H54N4O10. The second-order valence-electron chi connectivity index (χ2n) is 11.3. The summed E-state index contributed by atoms with van der Waals surface area (Å²) >= 11 is 0. The van der Waals surface area contributed by atoms with Gasteiger partial charge in [-0.15, -0.1) is 0 Å². The molecule has 0 saturated heterocycles.